The maximum atomic E-state index is 12.5. The van der Waals surface area contributed by atoms with E-state index in [1.54, 1.807) is 0 Å². The van der Waals surface area contributed by atoms with E-state index in [1.807, 2.05) is 0 Å². The van der Waals surface area contributed by atoms with Crippen LogP contribution in [0.2, 0.25) is 0 Å². The van der Waals surface area contributed by atoms with Crippen molar-refractivity contribution in [3.63, 3.8) is 0 Å². The fourth-order valence-corrected chi connectivity index (χ4v) is 3.64. The minimum absolute atomic E-state index is 0.360. The van der Waals surface area contributed by atoms with Crippen molar-refractivity contribution in [1.29, 1.82) is 0 Å². The molecule has 1 amide bonds. The summed E-state index contributed by atoms with van der Waals surface area (Å²) < 4.78 is 5.40. The average molecular weight is 280 g/mol. The number of hydrogen-bond acceptors (Lipinski definition) is 3. The van der Waals surface area contributed by atoms with Gasteiger partial charge in [-0.05, 0) is 38.5 Å². The average Bonchev–Trinajstić information content (AvgIpc) is 2.45. The van der Waals surface area contributed by atoms with Gasteiger partial charge in [-0.1, -0.05) is 6.42 Å². The summed E-state index contributed by atoms with van der Waals surface area (Å²) in [6.45, 7) is 5.99. The third kappa shape index (κ3) is 3.34. The second-order valence-electron chi connectivity index (χ2n) is 6.55. The minimum atomic E-state index is 0.360. The first kappa shape index (κ1) is 14.3. The molecule has 2 saturated heterocycles. The van der Waals surface area contributed by atoms with Crippen molar-refractivity contribution in [2.24, 2.45) is 5.92 Å². The van der Waals surface area contributed by atoms with Crippen molar-refractivity contribution in [3.8, 4) is 0 Å². The van der Waals surface area contributed by atoms with E-state index in [9.17, 15) is 4.79 Å². The predicted octanol–water partition coefficient (Wildman–Crippen LogP) is 1.89. The van der Waals surface area contributed by atoms with E-state index in [2.05, 4.69) is 9.80 Å². The third-order valence-electron chi connectivity index (χ3n) is 5.25. The van der Waals surface area contributed by atoms with E-state index in [1.165, 1.54) is 25.7 Å². The van der Waals surface area contributed by atoms with Gasteiger partial charge in [-0.15, -0.1) is 0 Å². The molecule has 0 radical (unpaired) electrons. The van der Waals surface area contributed by atoms with Gasteiger partial charge < -0.3 is 9.64 Å². The normalized spacial score (nSPS) is 29.2. The van der Waals surface area contributed by atoms with Crippen LogP contribution in [0.3, 0.4) is 0 Å². The molecule has 1 saturated carbocycles. The minimum Gasteiger partial charge on any atom is -0.379 e. The van der Waals surface area contributed by atoms with Crippen molar-refractivity contribution in [2.45, 2.75) is 51.0 Å². The second-order valence-corrected chi connectivity index (χ2v) is 6.55. The van der Waals surface area contributed by atoms with Crippen LogP contribution in [0.15, 0.2) is 0 Å². The summed E-state index contributed by atoms with van der Waals surface area (Å²) in [6.07, 6.45) is 8.37. The number of piperidine rings is 1. The highest BCUT2D eigenvalue weighted by Crippen LogP contribution is 2.31. The number of nitrogens with zero attached hydrogens (tertiary/aromatic N) is 2. The Morgan fingerprint density at radius 3 is 2.50 bits per heavy atom. The molecule has 3 aliphatic rings. The number of carbonyl (C=O) groups excluding carboxylic acids is 1. The van der Waals surface area contributed by atoms with E-state index in [0.717, 1.165) is 58.7 Å². The summed E-state index contributed by atoms with van der Waals surface area (Å²) in [4.78, 5) is 17.3. The zero-order valence-corrected chi connectivity index (χ0v) is 12.6. The number of rotatable bonds is 4. The molecule has 1 atom stereocenters. The summed E-state index contributed by atoms with van der Waals surface area (Å²) in [5.74, 6) is 0.821. The van der Waals surface area contributed by atoms with Gasteiger partial charge in [0.15, 0.2) is 0 Å². The van der Waals surface area contributed by atoms with E-state index in [-0.39, 0.29) is 0 Å². The van der Waals surface area contributed by atoms with Gasteiger partial charge in [-0.3, -0.25) is 9.69 Å². The molecule has 0 spiro atoms. The highest BCUT2D eigenvalue weighted by molar-refractivity contribution is 5.80. The molecule has 2 aliphatic heterocycles. The lowest BCUT2D eigenvalue weighted by Gasteiger charge is -2.41. The summed E-state index contributed by atoms with van der Waals surface area (Å²) in [6, 6.07) is 0.500. The third-order valence-corrected chi connectivity index (χ3v) is 5.25. The number of amides is 1. The second kappa shape index (κ2) is 6.90. The monoisotopic (exact) mass is 280 g/mol. The lowest BCUT2D eigenvalue weighted by atomic mass is 9.83. The van der Waals surface area contributed by atoms with Crippen LogP contribution in [-0.4, -0.2) is 61.1 Å². The number of morpholine rings is 1. The van der Waals surface area contributed by atoms with Gasteiger partial charge in [0.25, 0.3) is 0 Å². The van der Waals surface area contributed by atoms with Crippen LogP contribution in [-0.2, 0) is 9.53 Å². The molecule has 20 heavy (non-hydrogen) atoms. The molecule has 114 valence electrons. The fraction of sp³-hybridized carbons (Fsp3) is 0.938. The summed E-state index contributed by atoms with van der Waals surface area (Å²) in [5, 5.41) is 0. The van der Waals surface area contributed by atoms with Crippen LogP contribution in [0.25, 0.3) is 0 Å². The zero-order chi connectivity index (χ0) is 13.8. The lowest BCUT2D eigenvalue weighted by Crippen LogP contribution is -2.49. The lowest BCUT2D eigenvalue weighted by molar-refractivity contribution is -0.142. The molecule has 0 bridgehead atoms. The van der Waals surface area contributed by atoms with Gasteiger partial charge in [0.2, 0.25) is 5.91 Å². The fourth-order valence-electron chi connectivity index (χ4n) is 3.64. The van der Waals surface area contributed by atoms with E-state index < -0.39 is 0 Å². The molecule has 4 heteroatoms. The maximum absolute atomic E-state index is 12.5. The first-order chi connectivity index (χ1) is 9.84. The molecule has 3 rings (SSSR count). The largest absolute Gasteiger partial charge is 0.379 e. The van der Waals surface area contributed by atoms with E-state index in [4.69, 9.17) is 4.74 Å². The van der Waals surface area contributed by atoms with Crippen LogP contribution in [0.5, 0.6) is 0 Å². The van der Waals surface area contributed by atoms with Crippen molar-refractivity contribution in [1.82, 2.24) is 9.80 Å². The molecule has 0 aromatic heterocycles. The summed E-state index contributed by atoms with van der Waals surface area (Å²) in [7, 11) is 0. The molecule has 2 heterocycles. The van der Waals surface area contributed by atoms with Gasteiger partial charge in [-0.25, -0.2) is 0 Å². The Labute approximate surface area is 122 Å². The Hall–Kier alpha value is -0.610. The first-order valence-electron chi connectivity index (χ1n) is 8.45. The molecular weight excluding hydrogens is 252 g/mol. The number of carbonyl (C=O) groups is 1. The Bertz CT molecular complexity index is 324. The highest BCUT2D eigenvalue weighted by atomic mass is 16.5. The highest BCUT2D eigenvalue weighted by Gasteiger charge is 2.34. The molecule has 0 aromatic carbocycles. The van der Waals surface area contributed by atoms with Gasteiger partial charge in [0.1, 0.15) is 0 Å². The van der Waals surface area contributed by atoms with Gasteiger partial charge in [0, 0.05) is 38.1 Å². The van der Waals surface area contributed by atoms with Gasteiger partial charge in [0.05, 0.1) is 13.2 Å². The maximum Gasteiger partial charge on any atom is 0.225 e. The van der Waals surface area contributed by atoms with Crippen LogP contribution in [0.1, 0.15) is 44.9 Å². The smallest absolute Gasteiger partial charge is 0.225 e. The Morgan fingerprint density at radius 2 is 1.80 bits per heavy atom. The molecule has 1 unspecified atom stereocenters. The number of hydrogen-bond donors (Lipinski definition) is 0. The molecule has 0 aromatic rings. The van der Waals surface area contributed by atoms with Crippen molar-refractivity contribution >= 4 is 5.91 Å². The van der Waals surface area contributed by atoms with E-state index in [0.29, 0.717) is 17.9 Å². The molecule has 4 nitrogen and oxygen atoms in total. The van der Waals surface area contributed by atoms with Crippen molar-refractivity contribution < 1.29 is 9.53 Å². The van der Waals surface area contributed by atoms with Crippen LogP contribution < -0.4 is 0 Å². The summed E-state index contributed by atoms with van der Waals surface area (Å²) >= 11 is 0. The van der Waals surface area contributed by atoms with Crippen LogP contribution in [0, 0.1) is 5.92 Å². The quantitative estimate of drug-likeness (QED) is 0.788. The van der Waals surface area contributed by atoms with Crippen molar-refractivity contribution in [3.05, 3.63) is 0 Å². The Kier molecular flexibility index (Phi) is 4.94. The first-order valence-corrected chi connectivity index (χ1v) is 8.45. The molecular formula is C16H28N2O2. The Morgan fingerprint density at radius 1 is 1.00 bits per heavy atom. The van der Waals surface area contributed by atoms with Crippen LogP contribution >= 0.6 is 0 Å². The number of likely N-dealkylation sites (tertiary alicyclic amines) is 1. The molecule has 3 fully saturated rings. The summed E-state index contributed by atoms with van der Waals surface area (Å²) in [5.41, 5.74) is 0. The predicted molar refractivity (Wildman–Crippen MR) is 78.6 cm³/mol. The zero-order valence-electron chi connectivity index (χ0n) is 12.6. The molecule has 1 aliphatic carbocycles. The SMILES string of the molecule is O=C(C1CCC1)N1CCCCC1CCN1CCOCC1. The standard InChI is InChI=1S/C16H28N2O2/c19-16(14-4-3-5-14)18-8-2-1-6-15(18)7-9-17-10-12-20-13-11-17/h14-15H,1-13H2. The van der Waals surface area contributed by atoms with E-state index >= 15 is 0 Å². The van der Waals surface area contributed by atoms with Gasteiger partial charge >= 0.3 is 0 Å². The van der Waals surface area contributed by atoms with Crippen molar-refractivity contribution in [2.75, 3.05) is 39.4 Å². The number of ether oxygens (including phenoxy) is 1. The van der Waals surface area contributed by atoms with Crippen LogP contribution in [0.4, 0.5) is 0 Å². The molecule has 0 N–H and O–H groups in total. The topological polar surface area (TPSA) is 32.8 Å². The van der Waals surface area contributed by atoms with Gasteiger partial charge in [-0.2, -0.15) is 0 Å². The Balaban J connectivity index is 1.50.